The fraction of sp³-hybridized carbons (Fsp3) is 0.600. The first-order chi connectivity index (χ1) is 8.42. The van der Waals surface area contributed by atoms with Crippen molar-refractivity contribution in [2.45, 2.75) is 32.7 Å². The smallest absolute Gasteiger partial charge is 0.334 e. The molecule has 1 unspecified atom stereocenters. The first kappa shape index (κ1) is 13.9. The quantitative estimate of drug-likeness (QED) is 0.583. The van der Waals surface area contributed by atoms with Crippen molar-refractivity contribution in [2.24, 2.45) is 7.05 Å². The molecule has 0 spiro atoms. The Morgan fingerprint density at radius 3 is 2.61 bits per heavy atom. The standard InChI is InChI=1S/C10H16N4O4/c1-4-6-8(14(17)18)9(13(3)12-6)11-7(5-2)10(15)16/h7,11H,4-5H2,1-3H3,(H,15,16). The molecule has 0 aliphatic rings. The van der Waals surface area contributed by atoms with Crippen LogP contribution < -0.4 is 5.32 Å². The highest BCUT2D eigenvalue weighted by molar-refractivity contribution is 5.78. The van der Waals surface area contributed by atoms with Gasteiger partial charge in [0.2, 0.25) is 5.82 Å². The monoisotopic (exact) mass is 256 g/mol. The normalized spacial score (nSPS) is 12.2. The second-order valence-electron chi connectivity index (χ2n) is 3.82. The Morgan fingerprint density at radius 2 is 2.22 bits per heavy atom. The van der Waals surface area contributed by atoms with E-state index in [0.29, 0.717) is 18.5 Å². The van der Waals surface area contributed by atoms with E-state index < -0.39 is 16.9 Å². The Balaban J connectivity index is 3.18. The Labute approximate surface area is 104 Å². The molecule has 8 nitrogen and oxygen atoms in total. The maximum atomic E-state index is 11.0. The molecule has 0 aliphatic carbocycles. The zero-order valence-corrected chi connectivity index (χ0v) is 10.5. The van der Waals surface area contributed by atoms with Crippen LogP contribution in [0.4, 0.5) is 11.5 Å². The number of nitro groups is 1. The molecule has 1 atom stereocenters. The van der Waals surface area contributed by atoms with Crippen LogP contribution in [-0.2, 0) is 18.3 Å². The van der Waals surface area contributed by atoms with Gasteiger partial charge >= 0.3 is 11.7 Å². The molecule has 18 heavy (non-hydrogen) atoms. The van der Waals surface area contributed by atoms with E-state index in [1.165, 1.54) is 4.68 Å². The minimum atomic E-state index is -1.05. The topological polar surface area (TPSA) is 110 Å². The van der Waals surface area contributed by atoms with E-state index >= 15 is 0 Å². The van der Waals surface area contributed by atoms with Crippen LogP contribution in [0.3, 0.4) is 0 Å². The van der Waals surface area contributed by atoms with Crippen LogP contribution >= 0.6 is 0 Å². The molecular formula is C10H16N4O4. The minimum Gasteiger partial charge on any atom is -0.480 e. The lowest BCUT2D eigenvalue weighted by Crippen LogP contribution is -2.29. The van der Waals surface area contributed by atoms with Crippen molar-refractivity contribution in [2.75, 3.05) is 5.32 Å². The van der Waals surface area contributed by atoms with E-state index in [-0.39, 0.29) is 11.5 Å². The van der Waals surface area contributed by atoms with Crippen LogP contribution in [0, 0.1) is 10.1 Å². The zero-order valence-electron chi connectivity index (χ0n) is 10.5. The van der Waals surface area contributed by atoms with Gasteiger partial charge in [0.25, 0.3) is 0 Å². The maximum absolute atomic E-state index is 11.0. The lowest BCUT2D eigenvalue weighted by atomic mass is 10.2. The summed E-state index contributed by atoms with van der Waals surface area (Å²) in [7, 11) is 1.54. The number of nitrogens with zero attached hydrogens (tertiary/aromatic N) is 3. The number of hydrogen-bond donors (Lipinski definition) is 2. The summed E-state index contributed by atoms with van der Waals surface area (Å²) in [5, 5.41) is 26.7. The summed E-state index contributed by atoms with van der Waals surface area (Å²) in [5.41, 5.74) is 0.185. The Bertz CT molecular complexity index is 469. The van der Waals surface area contributed by atoms with Gasteiger partial charge in [-0.2, -0.15) is 5.10 Å². The molecule has 0 saturated carbocycles. The number of aromatic nitrogens is 2. The Hall–Kier alpha value is -2.12. The van der Waals surface area contributed by atoms with Crippen molar-refractivity contribution in [3.63, 3.8) is 0 Å². The summed E-state index contributed by atoms with van der Waals surface area (Å²) < 4.78 is 1.31. The highest BCUT2D eigenvalue weighted by Crippen LogP contribution is 2.29. The van der Waals surface area contributed by atoms with Crippen LogP contribution in [0.5, 0.6) is 0 Å². The van der Waals surface area contributed by atoms with Gasteiger partial charge in [-0.3, -0.25) is 10.1 Å². The molecule has 0 radical (unpaired) electrons. The number of carbonyl (C=O) groups is 1. The molecule has 1 aromatic rings. The number of carboxylic acid groups (broad SMARTS) is 1. The predicted octanol–water partition coefficient (Wildman–Crippen LogP) is 1.17. The van der Waals surface area contributed by atoms with Crippen LogP contribution in [0.1, 0.15) is 26.0 Å². The summed E-state index contributed by atoms with van der Waals surface area (Å²) in [6, 6.07) is -0.871. The summed E-state index contributed by atoms with van der Waals surface area (Å²) in [6.45, 7) is 3.45. The average molecular weight is 256 g/mol. The third-order valence-electron chi connectivity index (χ3n) is 2.63. The van der Waals surface area contributed by atoms with Crippen molar-refractivity contribution < 1.29 is 14.8 Å². The van der Waals surface area contributed by atoms with E-state index in [0.717, 1.165) is 0 Å². The van der Waals surface area contributed by atoms with E-state index in [9.17, 15) is 14.9 Å². The van der Waals surface area contributed by atoms with Gasteiger partial charge in [0.05, 0.1) is 4.92 Å². The molecule has 100 valence electrons. The van der Waals surface area contributed by atoms with Gasteiger partial charge in [0.1, 0.15) is 11.7 Å². The molecule has 1 aromatic heterocycles. The van der Waals surface area contributed by atoms with Crippen molar-refractivity contribution in [1.29, 1.82) is 0 Å². The number of aryl methyl sites for hydroxylation is 2. The summed E-state index contributed by atoms with van der Waals surface area (Å²) >= 11 is 0. The highest BCUT2D eigenvalue weighted by atomic mass is 16.6. The SMILES string of the molecule is CCc1nn(C)c(NC(CC)C(=O)O)c1[N+](=O)[O-]. The van der Waals surface area contributed by atoms with E-state index in [1.807, 2.05) is 0 Å². The second kappa shape index (κ2) is 5.48. The van der Waals surface area contributed by atoms with Crippen LogP contribution in [0.15, 0.2) is 0 Å². The molecule has 0 aliphatic heterocycles. The number of carboxylic acids is 1. The van der Waals surface area contributed by atoms with Gasteiger partial charge in [-0.05, 0) is 12.8 Å². The third kappa shape index (κ3) is 2.58. The molecule has 0 amide bonds. The number of aliphatic carboxylic acids is 1. The van der Waals surface area contributed by atoms with Crippen molar-refractivity contribution in [1.82, 2.24) is 9.78 Å². The van der Waals surface area contributed by atoms with Crippen molar-refractivity contribution in [3.8, 4) is 0 Å². The molecule has 0 fully saturated rings. The summed E-state index contributed by atoms with van der Waals surface area (Å²) in [5.74, 6) is -0.919. The highest BCUT2D eigenvalue weighted by Gasteiger charge is 2.28. The third-order valence-corrected chi connectivity index (χ3v) is 2.63. The maximum Gasteiger partial charge on any atom is 0.334 e. The number of hydrogen-bond acceptors (Lipinski definition) is 5. The molecule has 0 saturated heterocycles. The van der Waals surface area contributed by atoms with Crippen LogP contribution in [0.25, 0.3) is 0 Å². The molecule has 2 N–H and O–H groups in total. The van der Waals surface area contributed by atoms with Gasteiger partial charge in [0, 0.05) is 7.05 Å². The first-order valence-corrected chi connectivity index (χ1v) is 5.61. The van der Waals surface area contributed by atoms with Gasteiger partial charge in [0.15, 0.2) is 0 Å². The lowest BCUT2D eigenvalue weighted by molar-refractivity contribution is -0.384. The molecule has 1 heterocycles. The second-order valence-corrected chi connectivity index (χ2v) is 3.82. The van der Waals surface area contributed by atoms with Crippen molar-refractivity contribution in [3.05, 3.63) is 15.8 Å². The Kier molecular flexibility index (Phi) is 4.24. The fourth-order valence-electron chi connectivity index (χ4n) is 1.66. The molecule has 0 aromatic carbocycles. The lowest BCUT2D eigenvalue weighted by Gasteiger charge is -2.12. The minimum absolute atomic E-state index is 0.131. The van der Waals surface area contributed by atoms with Gasteiger partial charge in [-0.25, -0.2) is 9.48 Å². The Morgan fingerprint density at radius 1 is 1.61 bits per heavy atom. The van der Waals surface area contributed by atoms with E-state index in [2.05, 4.69) is 10.4 Å². The summed E-state index contributed by atoms with van der Waals surface area (Å²) in [6.07, 6.45) is 0.731. The molecule has 1 rings (SSSR count). The fourth-order valence-corrected chi connectivity index (χ4v) is 1.66. The molecule has 0 bridgehead atoms. The predicted molar refractivity (Wildman–Crippen MR) is 64.6 cm³/mol. The van der Waals surface area contributed by atoms with E-state index in [4.69, 9.17) is 5.11 Å². The molecule has 8 heteroatoms. The first-order valence-electron chi connectivity index (χ1n) is 5.61. The van der Waals surface area contributed by atoms with E-state index in [1.54, 1.807) is 20.9 Å². The number of rotatable bonds is 6. The molecular weight excluding hydrogens is 240 g/mol. The van der Waals surface area contributed by atoms with Gasteiger partial charge in [-0.15, -0.1) is 0 Å². The van der Waals surface area contributed by atoms with Crippen molar-refractivity contribution >= 4 is 17.5 Å². The zero-order chi connectivity index (χ0) is 13.9. The number of nitrogens with one attached hydrogen (secondary N) is 1. The summed E-state index contributed by atoms with van der Waals surface area (Å²) in [4.78, 5) is 21.4. The van der Waals surface area contributed by atoms with Gasteiger partial charge < -0.3 is 10.4 Å². The van der Waals surface area contributed by atoms with Crippen LogP contribution in [0.2, 0.25) is 0 Å². The largest absolute Gasteiger partial charge is 0.480 e. The average Bonchev–Trinajstić information content (AvgIpc) is 2.62. The van der Waals surface area contributed by atoms with Crippen LogP contribution in [-0.4, -0.2) is 31.8 Å². The number of anilines is 1. The van der Waals surface area contributed by atoms with Gasteiger partial charge in [-0.1, -0.05) is 13.8 Å².